The second kappa shape index (κ2) is 6.36. The number of nitrogens with one attached hydrogen (secondary N) is 1. The number of hydrogen-bond acceptors (Lipinski definition) is 2. The maximum atomic E-state index is 12.6. The monoisotopic (exact) mass is 364 g/mol. The fraction of sp³-hybridized carbons (Fsp3) is 0.0588. The van der Waals surface area contributed by atoms with Crippen molar-refractivity contribution in [3.05, 3.63) is 68.8 Å². The molecule has 116 valence electrons. The molecular formula is C17H11Cl3N2O. The topological polar surface area (TPSA) is 42.0 Å². The van der Waals surface area contributed by atoms with Crippen molar-refractivity contribution in [1.82, 2.24) is 4.98 Å². The van der Waals surface area contributed by atoms with Crippen molar-refractivity contribution in [1.29, 1.82) is 0 Å². The van der Waals surface area contributed by atoms with E-state index in [0.29, 0.717) is 37.2 Å². The highest BCUT2D eigenvalue weighted by molar-refractivity contribution is 6.41. The van der Waals surface area contributed by atoms with Crippen molar-refractivity contribution in [3.8, 4) is 0 Å². The van der Waals surface area contributed by atoms with E-state index in [1.165, 1.54) is 0 Å². The van der Waals surface area contributed by atoms with Crippen molar-refractivity contribution in [3.63, 3.8) is 0 Å². The summed E-state index contributed by atoms with van der Waals surface area (Å²) in [4.78, 5) is 16.8. The number of fused-ring (bicyclic) bond motifs is 1. The minimum absolute atomic E-state index is 0.318. The van der Waals surface area contributed by atoms with Crippen LogP contribution < -0.4 is 5.32 Å². The highest BCUT2D eigenvalue weighted by atomic mass is 35.5. The van der Waals surface area contributed by atoms with Crippen LogP contribution in [0.5, 0.6) is 0 Å². The molecule has 0 aliphatic carbocycles. The Hall–Kier alpha value is -1.81. The number of aromatic nitrogens is 1. The van der Waals surface area contributed by atoms with Crippen LogP contribution in [0.1, 0.15) is 15.9 Å². The zero-order valence-electron chi connectivity index (χ0n) is 12.0. The van der Waals surface area contributed by atoms with Gasteiger partial charge in [-0.2, -0.15) is 0 Å². The van der Waals surface area contributed by atoms with Gasteiger partial charge in [-0.15, -0.1) is 0 Å². The molecule has 2 aromatic carbocycles. The number of nitrogens with zero attached hydrogens (tertiary/aromatic N) is 1. The molecule has 0 aliphatic rings. The highest BCUT2D eigenvalue weighted by Gasteiger charge is 2.16. The van der Waals surface area contributed by atoms with Gasteiger partial charge in [0, 0.05) is 11.6 Å². The zero-order valence-corrected chi connectivity index (χ0v) is 14.3. The maximum absolute atomic E-state index is 12.6. The van der Waals surface area contributed by atoms with Gasteiger partial charge in [0.05, 0.1) is 31.8 Å². The van der Waals surface area contributed by atoms with E-state index >= 15 is 0 Å². The molecule has 6 heteroatoms. The van der Waals surface area contributed by atoms with E-state index in [4.69, 9.17) is 34.8 Å². The van der Waals surface area contributed by atoms with Crippen LogP contribution in [0, 0.1) is 6.92 Å². The molecule has 1 aromatic heterocycles. The number of amides is 1. The highest BCUT2D eigenvalue weighted by Crippen LogP contribution is 2.35. The van der Waals surface area contributed by atoms with Crippen LogP contribution in [-0.4, -0.2) is 10.9 Å². The number of halogens is 3. The molecule has 0 radical (unpaired) electrons. The second-order valence-electron chi connectivity index (χ2n) is 5.05. The first-order valence-electron chi connectivity index (χ1n) is 6.77. The van der Waals surface area contributed by atoms with Gasteiger partial charge >= 0.3 is 0 Å². The first-order valence-corrected chi connectivity index (χ1v) is 7.91. The molecule has 0 saturated carbocycles. The molecule has 3 rings (SSSR count). The summed E-state index contributed by atoms with van der Waals surface area (Å²) in [7, 11) is 0. The second-order valence-corrected chi connectivity index (χ2v) is 6.27. The number of aryl methyl sites for hydroxylation is 1. The molecular weight excluding hydrogens is 355 g/mol. The molecule has 1 amide bonds. The Morgan fingerprint density at radius 3 is 2.61 bits per heavy atom. The molecule has 0 atom stereocenters. The first-order chi connectivity index (χ1) is 11.0. The molecule has 3 nitrogen and oxygen atoms in total. The third-order valence-electron chi connectivity index (χ3n) is 3.40. The summed E-state index contributed by atoms with van der Waals surface area (Å²) < 4.78 is 0. The number of benzene rings is 2. The first kappa shape index (κ1) is 16.1. The average Bonchev–Trinajstić information content (AvgIpc) is 2.53. The Kier molecular flexibility index (Phi) is 4.44. The van der Waals surface area contributed by atoms with Crippen LogP contribution >= 0.6 is 34.8 Å². The molecule has 1 N–H and O–H groups in total. The molecule has 0 unspecified atom stereocenters. The third-order valence-corrected chi connectivity index (χ3v) is 4.34. The van der Waals surface area contributed by atoms with E-state index in [0.717, 1.165) is 5.56 Å². The van der Waals surface area contributed by atoms with Crippen LogP contribution in [0.15, 0.2) is 42.6 Å². The Bertz CT molecular complexity index is 925. The largest absolute Gasteiger partial charge is 0.319 e. The fourth-order valence-electron chi connectivity index (χ4n) is 2.28. The Morgan fingerprint density at radius 2 is 1.83 bits per heavy atom. The van der Waals surface area contributed by atoms with Crippen LogP contribution in [0.4, 0.5) is 5.69 Å². The van der Waals surface area contributed by atoms with Gasteiger partial charge in [-0.05, 0) is 37.3 Å². The summed E-state index contributed by atoms with van der Waals surface area (Å²) >= 11 is 18.5. The predicted octanol–water partition coefficient (Wildman–Crippen LogP) is 5.76. The quantitative estimate of drug-likeness (QED) is 0.627. The van der Waals surface area contributed by atoms with Crippen molar-refractivity contribution in [2.75, 3.05) is 5.32 Å². The SMILES string of the molecule is Cc1ccc(Cl)c(C(=O)Nc2c(Cl)cc(Cl)c3cccnc23)c1. The lowest BCUT2D eigenvalue weighted by molar-refractivity contribution is 0.102. The summed E-state index contributed by atoms with van der Waals surface area (Å²) in [6.45, 7) is 1.89. The average molecular weight is 366 g/mol. The van der Waals surface area contributed by atoms with Gasteiger partial charge in [-0.25, -0.2) is 0 Å². The van der Waals surface area contributed by atoms with Crippen molar-refractivity contribution in [2.45, 2.75) is 6.92 Å². The fourth-order valence-corrected chi connectivity index (χ4v) is 3.05. The number of carbonyl (C=O) groups excluding carboxylic acids is 1. The van der Waals surface area contributed by atoms with Gasteiger partial charge in [-0.3, -0.25) is 9.78 Å². The van der Waals surface area contributed by atoms with Crippen molar-refractivity contribution >= 4 is 57.3 Å². The van der Waals surface area contributed by atoms with Gasteiger partial charge in [-0.1, -0.05) is 46.4 Å². The minimum Gasteiger partial charge on any atom is -0.319 e. The lowest BCUT2D eigenvalue weighted by Crippen LogP contribution is -2.13. The summed E-state index contributed by atoms with van der Waals surface area (Å²) in [5.74, 6) is -0.352. The van der Waals surface area contributed by atoms with Crippen LogP contribution in [0.2, 0.25) is 15.1 Å². The number of carbonyl (C=O) groups is 1. The Balaban J connectivity index is 2.08. The van der Waals surface area contributed by atoms with E-state index in [-0.39, 0.29) is 5.91 Å². The smallest absolute Gasteiger partial charge is 0.257 e. The van der Waals surface area contributed by atoms with E-state index in [9.17, 15) is 4.79 Å². The van der Waals surface area contributed by atoms with E-state index in [1.807, 2.05) is 19.1 Å². The predicted molar refractivity (Wildman–Crippen MR) is 95.9 cm³/mol. The number of pyridine rings is 1. The molecule has 23 heavy (non-hydrogen) atoms. The summed E-state index contributed by atoms with van der Waals surface area (Å²) in [6.07, 6.45) is 1.62. The number of anilines is 1. The van der Waals surface area contributed by atoms with Gasteiger partial charge in [0.2, 0.25) is 0 Å². The van der Waals surface area contributed by atoms with Crippen LogP contribution in [0.25, 0.3) is 10.9 Å². The van der Waals surface area contributed by atoms with Gasteiger partial charge in [0.1, 0.15) is 0 Å². The summed E-state index contributed by atoms with van der Waals surface area (Å²) in [6, 6.07) is 10.4. The lowest BCUT2D eigenvalue weighted by Gasteiger charge is -2.12. The summed E-state index contributed by atoms with van der Waals surface area (Å²) in [5.41, 5.74) is 2.25. The molecule has 0 spiro atoms. The maximum Gasteiger partial charge on any atom is 0.257 e. The molecule has 0 bridgehead atoms. The van der Waals surface area contributed by atoms with E-state index in [1.54, 1.807) is 30.5 Å². The molecule has 0 aliphatic heterocycles. The standard InChI is InChI=1S/C17H11Cl3N2O/c1-9-4-5-12(18)11(7-9)17(23)22-16-14(20)8-13(19)10-3-2-6-21-15(10)16/h2-8H,1H3,(H,22,23). The van der Waals surface area contributed by atoms with E-state index < -0.39 is 0 Å². The molecule has 3 aromatic rings. The lowest BCUT2D eigenvalue weighted by atomic mass is 10.1. The molecule has 0 fully saturated rings. The number of hydrogen-bond donors (Lipinski definition) is 1. The molecule has 0 saturated heterocycles. The Labute approximate surface area is 148 Å². The van der Waals surface area contributed by atoms with Gasteiger partial charge in [0.25, 0.3) is 5.91 Å². The Morgan fingerprint density at radius 1 is 1.04 bits per heavy atom. The van der Waals surface area contributed by atoms with Gasteiger partial charge < -0.3 is 5.32 Å². The minimum atomic E-state index is -0.352. The van der Waals surface area contributed by atoms with Crippen molar-refractivity contribution in [2.24, 2.45) is 0 Å². The van der Waals surface area contributed by atoms with Crippen molar-refractivity contribution < 1.29 is 4.79 Å². The van der Waals surface area contributed by atoms with E-state index in [2.05, 4.69) is 10.3 Å². The molecule has 1 heterocycles. The van der Waals surface area contributed by atoms with Crippen LogP contribution in [-0.2, 0) is 0 Å². The van der Waals surface area contributed by atoms with Gasteiger partial charge in [0.15, 0.2) is 0 Å². The third kappa shape index (κ3) is 3.13. The zero-order chi connectivity index (χ0) is 16.6. The number of rotatable bonds is 2. The normalized spacial score (nSPS) is 10.8. The van der Waals surface area contributed by atoms with Crippen LogP contribution in [0.3, 0.4) is 0 Å². The summed E-state index contributed by atoms with van der Waals surface area (Å²) in [5, 5.41) is 4.67.